The van der Waals surface area contributed by atoms with E-state index in [1.54, 1.807) is 30.3 Å². The average molecular weight is 598 g/mol. The lowest BCUT2D eigenvalue weighted by atomic mass is 9.77. The first-order chi connectivity index (χ1) is 18.6. The van der Waals surface area contributed by atoms with E-state index in [1.807, 2.05) is 0 Å². The zero-order chi connectivity index (χ0) is 29.7. The van der Waals surface area contributed by atoms with Crippen LogP contribution in [0.2, 0.25) is 5.02 Å². The molecule has 3 aromatic rings. The van der Waals surface area contributed by atoms with Gasteiger partial charge in [0.15, 0.2) is 0 Å². The van der Waals surface area contributed by atoms with Crippen molar-refractivity contribution >= 4 is 17.5 Å². The van der Waals surface area contributed by atoms with Crippen LogP contribution < -0.4 is 10.1 Å². The van der Waals surface area contributed by atoms with Crippen molar-refractivity contribution in [1.82, 2.24) is 5.32 Å². The van der Waals surface area contributed by atoms with Gasteiger partial charge in [-0.1, -0.05) is 48.0 Å². The maximum atomic E-state index is 14.8. The first-order valence-electron chi connectivity index (χ1n) is 11.6. The molecule has 1 N–H and O–H groups in total. The van der Waals surface area contributed by atoms with Gasteiger partial charge in [0.2, 0.25) is 5.91 Å². The number of rotatable bonds is 11. The molecule has 0 saturated heterocycles. The van der Waals surface area contributed by atoms with E-state index < -0.39 is 71.8 Å². The van der Waals surface area contributed by atoms with E-state index in [4.69, 9.17) is 11.6 Å². The molecule has 3 rings (SSSR count). The van der Waals surface area contributed by atoms with Crippen molar-refractivity contribution in [3.05, 3.63) is 100 Å². The Morgan fingerprint density at radius 2 is 1.57 bits per heavy atom. The molecule has 13 heteroatoms. The molecule has 0 spiro atoms. The fourth-order valence-electron chi connectivity index (χ4n) is 4.04. The van der Waals surface area contributed by atoms with Gasteiger partial charge in [-0.2, -0.15) is 30.7 Å². The quantitative estimate of drug-likeness (QED) is 0.226. The zero-order valence-corrected chi connectivity index (χ0v) is 21.1. The molecule has 0 fully saturated rings. The van der Waals surface area contributed by atoms with Crippen molar-refractivity contribution < 1.29 is 49.0 Å². The van der Waals surface area contributed by atoms with E-state index in [-0.39, 0.29) is 17.5 Å². The summed E-state index contributed by atoms with van der Waals surface area (Å²) >= 11 is 5.97. The maximum Gasteiger partial charge on any atom is 0.461 e. The predicted molar refractivity (Wildman–Crippen MR) is 128 cm³/mol. The molecule has 1 amide bonds. The molecule has 0 bridgehead atoms. The van der Waals surface area contributed by atoms with Gasteiger partial charge < -0.3 is 10.1 Å². The Morgan fingerprint density at radius 1 is 0.900 bits per heavy atom. The van der Waals surface area contributed by atoms with Gasteiger partial charge in [-0.25, -0.2) is 8.78 Å². The number of carbonyl (C=O) groups is 1. The Kier molecular flexibility index (Phi) is 9.65. The van der Waals surface area contributed by atoms with E-state index >= 15 is 0 Å². The summed E-state index contributed by atoms with van der Waals surface area (Å²) in [4.78, 5) is 13.0. The number of ether oxygens (including phenoxy) is 1. The lowest BCUT2D eigenvalue weighted by Crippen LogP contribution is -2.48. The van der Waals surface area contributed by atoms with E-state index in [2.05, 4.69) is 10.1 Å². The van der Waals surface area contributed by atoms with Crippen LogP contribution in [0.15, 0.2) is 66.7 Å². The third kappa shape index (κ3) is 8.06. The normalized spacial score (nSPS) is 13.7. The smallest absolute Gasteiger partial charge is 0.428 e. The molecular formula is C27H21ClF9NO2. The highest BCUT2D eigenvalue weighted by molar-refractivity contribution is 6.30. The highest BCUT2D eigenvalue weighted by Gasteiger charge is 2.45. The molecular weight excluding hydrogens is 577 g/mol. The molecule has 0 saturated carbocycles. The van der Waals surface area contributed by atoms with Crippen LogP contribution in [0.1, 0.15) is 36.0 Å². The number of halogens is 10. The minimum atomic E-state index is -5.01. The Hall–Kier alpha value is -3.41. The van der Waals surface area contributed by atoms with Crippen LogP contribution in [0.25, 0.3) is 0 Å². The number of hydrogen-bond donors (Lipinski definition) is 1. The van der Waals surface area contributed by atoms with Crippen molar-refractivity contribution in [2.24, 2.45) is 0 Å². The second kappa shape index (κ2) is 12.4. The topological polar surface area (TPSA) is 38.3 Å². The summed E-state index contributed by atoms with van der Waals surface area (Å²) in [6, 6.07) is 13.1. The van der Waals surface area contributed by atoms with Crippen LogP contribution in [0, 0.1) is 11.6 Å². The van der Waals surface area contributed by atoms with Crippen LogP contribution in [-0.4, -0.2) is 24.6 Å². The summed E-state index contributed by atoms with van der Waals surface area (Å²) in [6.07, 6.45) is -16.6. The molecule has 3 aromatic carbocycles. The highest BCUT2D eigenvalue weighted by atomic mass is 35.5. The van der Waals surface area contributed by atoms with Gasteiger partial charge in [-0.3, -0.25) is 4.79 Å². The van der Waals surface area contributed by atoms with Crippen LogP contribution in [0.4, 0.5) is 39.5 Å². The first-order valence-corrected chi connectivity index (χ1v) is 12.0. The average Bonchev–Trinajstić information content (AvgIpc) is 2.84. The minimum absolute atomic E-state index is 0.0101. The number of alkyl halides is 7. The lowest BCUT2D eigenvalue weighted by molar-refractivity contribution is -0.253. The third-order valence-corrected chi connectivity index (χ3v) is 6.10. The van der Waals surface area contributed by atoms with Crippen LogP contribution in [0.5, 0.6) is 5.75 Å². The monoisotopic (exact) mass is 597 g/mol. The highest BCUT2D eigenvalue weighted by Crippen LogP contribution is 2.39. The van der Waals surface area contributed by atoms with Gasteiger partial charge >= 0.3 is 18.7 Å². The van der Waals surface area contributed by atoms with E-state index in [1.165, 1.54) is 0 Å². The molecule has 0 aliphatic heterocycles. The van der Waals surface area contributed by atoms with Crippen LogP contribution in [-0.2, 0) is 16.8 Å². The summed E-state index contributed by atoms with van der Waals surface area (Å²) in [6.45, 7) is 0. The molecule has 0 aliphatic carbocycles. The third-order valence-electron chi connectivity index (χ3n) is 5.81. The zero-order valence-electron chi connectivity index (χ0n) is 20.4. The predicted octanol–water partition coefficient (Wildman–Crippen LogP) is 8.19. The molecule has 40 heavy (non-hydrogen) atoms. The van der Waals surface area contributed by atoms with Crippen LogP contribution in [0.3, 0.4) is 0 Å². The number of benzene rings is 3. The van der Waals surface area contributed by atoms with Crippen molar-refractivity contribution in [2.45, 2.75) is 49.9 Å². The molecule has 0 aromatic heterocycles. The number of nitrogens with one attached hydrogen (secondary N) is 1. The fraction of sp³-hybridized carbons (Fsp3) is 0.296. The van der Waals surface area contributed by atoms with Crippen molar-refractivity contribution in [3.63, 3.8) is 0 Å². The van der Waals surface area contributed by atoms with Crippen molar-refractivity contribution in [1.29, 1.82) is 0 Å². The largest absolute Gasteiger partial charge is 0.461 e. The Bertz CT molecular complexity index is 1320. The standard InChI is InChI=1S/C27H21ClF9NO2/c28-21-13-17(8-9-22(21)30)25(15-16-5-2-1-3-6-16,38-23(39)7-4-10-26(33,34)35)18-11-19(29)14-20(12-18)40-27(36,37)24(31)32/h1-3,5-6,8-9,11-14,24H,4,7,10,15H2,(H,38,39). The van der Waals surface area contributed by atoms with Gasteiger partial charge in [0.1, 0.15) is 17.4 Å². The molecule has 3 nitrogen and oxygen atoms in total. The Morgan fingerprint density at radius 3 is 2.17 bits per heavy atom. The summed E-state index contributed by atoms with van der Waals surface area (Å²) < 4.78 is 124. The number of hydrogen-bond acceptors (Lipinski definition) is 2. The van der Waals surface area contributed by atoms with E-state index in [0.717, 1.165) is 30.3 Å². The molecule has 1 unspecified atom stereocenters. The molecule has 0 radical (unpaired) electrons. The summed E-state index contributed by atoms with van der Waals surface area (Å²) in [5.41, 5.74) is -1.83. The van der Waals surface area contributed by atoms with Gasteiger partial charge in [-0.05, 0) is 47.4 Å². The van der Waals surface area contributed by atoms with Gasteiger partial charge in [0, 0.05) is 25.3 Å². The van der Waals surface area contributed by atoms with Gasteiger partial charge in [-0.15, -0.1) is 0 Å². The second-order valence-corrected chi connectivity index (χ2v) is 9.26. The molecule has 216 valence electrons. The SMILES string of the molecule is O=C(CCCC(F)(F)F)NC(Cc1ccccc1)(c1cc(F)cc(OC(F)(F)C(F)F)c1)c1ccc(F)c(Cl)c1. The number of amides is 1. The van der Waals surface area contributed by atoms with Crippen LogP contribution >= 0.6 is 11.6 Å². The van der Waals surface area contributed by atoms with Gasteiger partial charge in [0.05, 0.1) is 10.6 Å². The second-order valence-electron chi connectivity index (χ2n) is 8.85. The van der Waals surface area contributed by atoms with E-state index in [9.17, 15) is 44.3 Å². The summed E-state index contributed by atoms with van der Waals surface area (Å²) in [5.74, 6) is -4.09. The van der Waals surface area contributed by atoms with Crippen molar-refractivity contribution in [2.75, 3.05) is 0 Å². The molecule has 0 aliphatic rings. The first kappa shape index (κ1) is 31.1. The minimum Gasteiger partial charge on any atom is -0.428 e. The van der Waals surface area contributed by atoms with E-state index in [0.29, 0.717) is 11.6 Å². The summed E-state index contributed by atoms with van der Waals surface area (Å²) in [7, 11) is 0. The fourth-order valence-corrected chi connectivity index (χ4v) is 4.22. The van der Waals surface area contributed by atoms with Crippen molar-refractivity contribution in [3.8, 4) is 5.75 Å². The lowest BCUT2D eigenvalue weighted by Gasteiger charge is -2.37. The summed E-state index contributed by atoms with van der Waals surface area (Å²) in [5, 5.41) is 2.09. The molecule has 0 heterocycles. The number of carbonyl (C=O) groups excluding carboxylic acids is 1. The van der Waals surface area contributed by atoms with Gasteiger partial charge in [0.25, 0.3) is 0 Å². The Balaban J connectivity index is 2.21. The Labute approximate surface area is 227 Å². The molecule has 1 atom stereocenters. The maximum absolute atomic E-state index is 14.8.